The van der Waals surface area contributed by atoms with Gasteiger partial charge in [-0.1, -0.05) is 18.2 Å². The maximum absolute atomic E-state index is 12.3. The van der Waals surface area contributed by atoms with Crippen LogP contribution in [0, 0.1) is 0 Å². The third kappa shape index (κ3) is 4.72. The van der Waals surface area contributed by atoms with E-state index in [9.17, 15) is 13.2 Å². The van der Waals surface area contributed by atoms with Crippen molar-refractivity contribution < 1.29 is 17.9 Å². The lowest BCUT2D eigenvalue weighted by molar-refractivity contribution is -0.119. The number of sulfonamides is 1. The number of nitrogens with zero attached hydrogens (tertiary/aromatic N) is 2. The number of carbonyl (C=O) groups excluding carboxylic acids is 1. The first-order chi connectivity index (χ1) is 11.4. The quantitative estimate of drug-likeness (QED) is 0.726. The molecule has 0 spiro atoms. The van der Waals surface area contributed by atoms with Crippen LogP contribution in [0.1, 0.15) is 0 Å². The zero-order valence-corrected chi connectivity index (χ0v) is 14.6. The van der Waals surface area contributed by atoms with E-state index in [0.717, 1.165) is 16.2 Å². The number of morpholine rings is 1. The molecule has 1 saturated heterocycles. The van der Waals surface area contributed by atoms with Gasteiger partial charge in [0.15, 0.2) is 0 Å². The van der Waals surface area contributed by atoms with Crippen LogP contribution in [0.15, 0.2) is 36.9 Å². The average Bonchev–Trinajstić information content (AvgIpc) is 2.57. The van der Waals surface area contributed by atoms with Crippen molar-refractivity contribution in [2.24, 2.45) is 0 Å². The zero-order valence-electron chi connectivity index (χ0n) is 13.8. The summed E-state index contributed by atoms with van der Waals surface area (Å²) in [5.74, 6) is -0.378. The second-order valence-corrected chi connectivity index (χ2v) is 7.36. The lowest BCUT2D eigenvalue weighted by Gasteiger charge is -2.33. The number of carbonyl (C=O) groups is 1. The van der Waals surface area contributed by atoms with Gasteiger partial charge in [-0.25, -0.2) is 8.42 Å². The zero-order chi connectivity index (χ0) is 17.6. The van der Waals surface area contributed by atoms with Crippen molar-refractivity contribution in [2.75, 3.05) is 54.9 Å². The summed E-state index contributed by atoms with van der Waals surface area (Å²) in [6.45, 7) is 6.09. The molecule has 0 bridgehead atoms. The normalized spacial score (nSPS) is 15.0. The fraction of sp³-hybridized carbons (Fsp3) is 0.438. The second-order valence-electron chi connectivity index (χ2n) is 5.45. The summed E-state index contributed by atoms with van der Waals surface area (Å²) in [6.07, 6.45) is 2.65. The van der Waals surface area contributed by atoms with Crippen molar-refractivity contribution in [3.05, 3.63) is 36.9 Å². The largest absolute Gasteiger partial charge is 0.378 e. The standard InChI is InChI=1S/C16H23N3O4S/c1-3-8-17-16(20)13-19(24(2,21)22)15-7-5-4-6-14(15)18-9-11-23-12-10-18/h3-7H,1,8-13H2,2H3,(H,17,20). The molecule has 0 unspecified atom stereocenters. The van der Waals surface area contributed by atoms with E-state index in [-0.39, 0.29) is 12.5 Å². The van der Waals surface area contributed by atoms with Gasteiger partial charge in [-0.05, 0) is 12.1 Å². The highest BCUT2D eigenvalue weighted by molar-refractivity contribution is 7.92. The lowest BCUT2D eigenvalue weighted by Crippen LogP contribution is -2.42. The van der Waals surface area contributed by atoms with Gasteiger partial charge in [-0.2, -0.15) is 0 Å². The Bertz CT molecular complexity index is 684. The van der Waals surface area contributed by atoms with E-state index in [1.165, 1.54) is 0 Å². The van der Waals surface area contributed by atoms with Crippen LogP contribution in [-0.4, -0.2) is 60.0 Å². The SMILES string of the molecule is C=CCNC(=O)CN(c1ccccc1N1CCOCC1)S(C)(=O)=O. The third-order valence-electron chi connectivity index (χ3n) is 3.63. The minimum atomic E-state index is -3.61. The molecular weight excluding hydrogens is 330 g/mol. The summed E-state index contributed by atoms with van der Waals surface area (Å²) in [7, 11) is -3.61. The summed E-state index contributed by atoms with van der Waals surface area (Å²) in [5.41, 5.74) is 1.28. The molecular formula is C16H23N3O4S. The molecule has 1 fully saturated rings. The Labute approximate surface area is 142 Å². The molecule has 1 aromatic carbocycles. The Morgan fingerprint density at radius 2 is 2.04 bits per heavy atom. The molecule has 0 atom stereocenters. The minimum absolute atomic E-state index is 0.270. The van der Waals surface area contributed by atoms with E-state index in [1.807, 2.05) is 12.1 Å². The van der Waals surface area contributed by atoms with E-state index in [1.54, 1.807) is 18.2 Å². The van der Waals surface area contributed by atoms with E-state index in [2.05, 4.69) is 16.8 Å². The van der Waals surface area contributed by atoms with Gasteiger partial charge in [0.25, 0.3) is 0 Å². The molecule has 24 heavy (non-hydrogen) atoms. The summed E-state index contributed by atoms with van der Waals surface area (Å²) in [6, 6.07) is 7.19. The maximum Gasteiger partial charge on any atom is 0.241 e. The van der Waals surface area contributed by atoms with Crippen molar-refractivity contribution in [3.63, 3.8) is 0 Å². The lowest BCUT2D eigenvalue weighted by atomic mass is 10.2. The highest BCUT2D eigenvalue weighted by atomic mass is 32.2. The molecule has 0 saturated carbocycles. The molecule has 0 aromatic heterocycles. The van der Waals surface area contributed by atoms with Gasteiger partial charge in [0.05, 0.1) is 30.8 Å². The van der Waals surface area contributed by atoms with Crippen LogP contribution in [0.4, 0.5) is 11.4 Å². The van der Waals surface area contributed by atoms with Crippen LogP contribution < -0.4 is 14.5 Å². The van der Waals surface area contributed by atoms with Crippen molar-refractivity contribution >= 4 is 27.3 Å². The Balaban J connectivity index is 2.32. The van der Waals surface area contributed by atoms with Gasteiger partial charge < -0.3 is 15.0 Å². The first kappa shape index (κ1) is 18.3. The topological polar surface area (TPSA) is 79.0 Å². The molecule has 132 valence electrons. The maximum atomic E-state index is 12.3. The summed E-state index contributed by atoms with van der Waals surface area (Å²) in [4.78, 5) is 14.1. The van der Waals surface area contributed by atoms with E-state index in [4.69, 9.17) is 4.74 Å². The molecule has 8 heteroatoms. The molecule has 1 aromatic rings. The van der Waals surface area contributed by atoms with Crippen LogP contribution in [0.3, 0.4) is 0 Å². The second kappa shape index (κ2) is 8.16. The molecule has 1 heterocycles. The van der Waals surface area contributed by atoms with E-state index < -0.39 is 10.0 Å². The van der Waals surface area contributed by atoms with Crippen LogP contribution in [0.2, 0.25) is 0 Å². The fourth-order valence-electron chi connectivity index (χ4n) is 2.50. The molecule has 1 aliphatic rings. The minimum Gasteiger partial charge on any atom is -0.378 e. The molecule has 0 aliphatic carbocycles. The number of anilines is 2. The number of amides is 1. The van der Waals surface area contributed by atoms with Gasteiger partial charge in [0.2, 0.25) is 15.9 Å². The summed E-state index contributed by atoms with van der Waals surface area (Å²) >= 11 is 0. The highest BCUT2D eigenvalue weighted by Crippen LogP contribution is 2.31. The van der Waals surface area contributed by atoms with Gasteiger partial charge >= 0.3 is 0 Å². The first-order valence-electron chi connectivity index (χ1n) is 7.70. The number of hydrogen-bond acceptors (Lipinski definition) is 5. The molecule has 1 N–H and O–H groups in total. The van der Waals surface area contributed by atoms with Crippen LogP contribution in [0.25, 0.3) is 0 Å². The first-order valence-corrected chi connectivity index (χ1v) is 9.55. The van der Waals surface area contributed by atoms with Crippen molar-refractivity contribution in [1.82, 2.24) is 5.32 Å². The molecule has 1 amide bonds. The van der Waals surface area contributed by atoms with E-state index >= 15 is 0 Å². The summed E-state index contributed by atoms with van der Waals surface area (Å²) in [5, 5.41) is 2.61. The monoisotopic (exact) mass is 353 g/mol. The third-order valence-corrected chi connectivity index (χ3v) is 4.76. The Hall–Kier alpha value is -2.06. The van der Waals surface area contributed by atoms with Gasteiger partial charge in [0.1, 0.15) is 6.54 Å². The Morgan fingerprint density at radius 3 is 2.67 bits per heavy atom. The van der Waals surface area contributed by atoms with Gasteiger partial charge in [0, 0.05) is 19.6 Å². The molecule has 1 aliphatic heterocycles. The molecule has 0 radical (unpaired) electrons. The predicted octanol–water partition coefficient (Wildman–Crippen LogP) is 0.591. The van der Waals surface area contributed by atoms with Crippen molar-refractivity contribution in [3.8, 4) is 0 Å². The number of hydrogen-bond donors (Lipinski definition) is 1. The van der Waals surface area contributed by atoms with Crippen molar-refractivity contribution in [2.45, 2.75) is 0 Å². The fourth-order valence-corrected chi connectivity index (χ4v) is 3.36. The number of para-hydroxylation sites is 2. The Kier molecular flexibility index (Phi) is 6.22. The molecule has 7 nitrogen and oxygen atoms in total. The highest BCUT2D eigenvalue weighted by Gasteiger charge is 2.25. The van der Waals surface area contributed by atoms with Crippen LogP contribution in [-0.2, 0) is 19.6 Å². The molecule has 2 rings (SSSR count). The summed E-state index contributed by atoms with van der Waals surface area (Å²) < 4.78 is 31.0. The van der Waals surface area contributed by atoms with Crippen molar-refractivity contribution in [1.29, 1.82) is 0 Å². The number of nitrogens with one attached hydrogen (secondary N) is 1. The average molecular weight is 353 g/mol. The van der Waals surface area contributed by atoms with Gasteiger partial charge in [-0.15, -0.1) is 6.58 Å². The van der Waals surface area contributed by atoms with Crippen LogP contribution >= 0.6 is 0 Å². The predicted molar refractivity (Wildman–Crippen MR) is 94.9 cm³/mol. The van der Waals surface area contributed by atoms with E-state index in [0.29, 0.717) is 38.5 Å². The number of rotatable bonds is 7. The smallest absolute Gasteiger partial charge is 0.241 e. The number of benzene rings is 1. The van der Waals surface area contributed by atoms with Gasteiger partial charge in [-0.3, -0.25) is 9.10 Å². The number of ether oxygens (including phenoxy) is 1. The van der Waals surface area contributed by atoms with Crippen LogP contribution in [0.5, 0.6) is 0 Å². The Morgan fingerprint density at radius 1 is 1.38 bits per heavy atom.